The Hall–Kier alpha value is -1.10. The molecule has 2 unspecified atom stereocenters. The van der Waals surface area contributed by atoms with E-state index in [1.54, 1.807) is 0 Å². The zero-order valence-electron chi connectivity index (χ0n) is 12.6. The molecule has 1 N–H and O–H groups in total. The Labute approximate surface area is 120 Å². The summed E-state index contributed by atoms with van der Waals surface area (Å²) in [5, 5.41) is 2.73. The van der Waals surface area contributed by atoms with Gasteiger partial charge in [0.25, 0.3) is 0 Å². The summed E-state index contributed by atoms with van der Waals surface area (Å²) >= 11 is 0. The molecule has 1 amide bonds. The molecule has 0 aromatic heterocycles. The quantitative estimate of drug-likeness (QED) is 0.787. The number of carbonyl (C=O) groups excluding carboxylic acids is 2. The van der Waals surface area contributed by atoms with E-state index in [1.807, 2.05) is 20.8 Å². The minimum absolute atomic E-state index is 0.0113. The van der Waals surface area contributed by atoms with Gasteiger partial charge in [-0.05, 0) is 33.1 Å². The molecule has 1 aliphatic heterocycles. The maximum atomic E-state index is 12.2. The van der Waals surface area contributed by atoms with Crippen molar-refractivity contribution in [3.8, 4) is 0 Å². The maximum absolute atomic E-state index is 12.2. The Kier molecular flexibility index (Phi) is 4.68. The third kappa shape index (κ3) is 4.78. The molecular weight excluding hydrogens is 258 g/mol. The standard InChI is InChI=1S/C15H25NO4/c1-15(2,3)20-14(18)16-11(13(17)12-9-19-12)8-10-6-4-5-7-10/h10-12H,4-9H2,1-3H3,(H,16,18). The van der Waals surface area contributed by atoms with Crippen LogP contribution in [0.1, 0.15) is 52.9 Å². The molecule has 0 bridgehead atoms. The number of rotatable bonds is 5. The van der Waals surface area contributed by atoms with Gasteiger partial charge in [0.1, 0.15) is 11.7 Å². The summed E-state index contributed by atoms with van der Waals surface area (Å²) in [4.78, 5) is 24.1. The second-order valence-corrected chi connectivity index (χ2v) is 6.81. The number of nitrogens with one attached hydrogen (secondary N) is 1. The van der Waals surface area contributed by atoms with Crippen molar-refractivity contribution >= 4 is 11.9 Å². The SMILES string of the molecule is CC(C)(C)OC(=O)NC(CC1CCCC1)C(=O)C1CO1. The third-order valence-electron chi connectivity index (χ3n) is 3.73. The van der Waals surface area contributed by atoms with Crippen LogP contribution in [0.25, 0.3) is 0 Å². The number of ketones is 1. The molecule has 0 radical (unpaired) electrons. The van der Waals surface area contributed by atoms with Gasteiger partial charge in [-0.2, -0.15) is 0 Å². The number of epoxide rings is 1. The van der Waals surface area contributed by atoms with Crippen LogP contribution in [-0.4, -0.2) is 36.2 Å². The molecule has 2 fully saturated rings. The minimum atomic E-state index is -0.554. The van der Waals surface area contributed by atoms with E-state index in [2.05, 4.69) is 5.32 Å². The van der Waals surface area contributed by atoms with Gasteiger partial charge in [-0.25, -0.2) is 4.79 Å². The Balaban J connectivity index is 1.90. The van der Waals surface area contributed by atoms with Gasteiger partial charge >= 0.3 is 6.09 Å². The molecule has 0 spiro atoms. The van der Waals surface area contributed by atoms with Crippen molar-refractivity contribution in [1.29, 1.82) is 0 Å². The molecule has 20 heavy (non-hydrogen) atoms. The van der Waals surface area contributed by atoms with Crippen LogP contribution in [0.3, 0.4) is 0 Å². The van der Waals surface area contributed by atoms with Crippen LogP contribution in [-0.2, 0) is 14.3 Å². The first-order valence-electron chi connectivity index (χ1n) is 7.50. The summed E-state index contributed by atoms with van der Waals surface area (Å²) in [7, 11) is 0. The molecule has 1 aliphatic carbocycles. The van der Waals surface area contributed by atoms with Crippen molar-refractivity contribution in [3.05, 3.63) is 0 Å². The Morgan fingerprint density at radius 1 is 1.30 bits per heavy atom. The molecule has 114 valence electrons. The maximum Gasteiger partial charge on any atom is 0.408 e. The van der Waals surface area contributed by atoms with Gasteiger partial charge < -0.3 is 14.8 Å². The largest absolute Gasteiger partial charge is 0.444 e. The van der Waals surface area contributed by atoms with Gasteiger partial charge in [-0.1, -0.05) is 25.7 Å². The average Bonchev–Trinajstić information content (AvgIpc) is 3.04. The number of Topliss-reactive ketones (excluding diaryl/α,β-unsaturated/α-hetero) is 1. The fourth-order valence-electron chi connectivity index (χ4n) is 2.71. The van der Waals surface area contributed by atoms with E-state index in [4.69, 9.17) is 9.47 Å². The smallest absolute Gasteiger partial charge is 0.408 e. The summed E-state index contributed by atoms with van der Waals surface area (Å²) in [5.41, 5.74) is -0.554. The molecule has 0 aromatic rings. The normalized spacial score (nSPS) is 24.2. The highest BCUT2D eigenvalue weighted by Gasteiger charge is 2.38. The van der Waals surface area contributed by atoms with E-state index in [0.717, 1.165) is 12.8 Å². The number of amides is 1. The summed E-state index contributed by atoms with van der Waals surface area (Å²) in [6.07, 6.45) is 4.59. The van der Waals surface area contributed by atoms with E-state index in [1.165, 1.54) is 12.8 Å². The lowest BCUT2D eigenvalue weighted by molar-refractivity contribution is -0.122. The second-order valence-electron chi connectivity index (χ2n) is 6.81. The molecule has 5 heteroatoms. The highest BCUT2D eigenvalue weighted by atomic mass is 16.6. The summed E-state index contributed by atoms with van der Waals surface area (Å²) in [5.74, 6) is 0.514. The lowest BCUT2D eigenvalue weighted by atomic mass is 9.95. The van der Waals surface area contributed by atoms with Crippen molar-refractivity contribution in [2.45, 2.75) is 70.6 Å². The number of ether oxygens (including phenoxy) is 2. The van der Waals surface area contributed by atoms with Gasteiger partial charge in [0.05, 0.1) is 12.6 Å². The van der Waals surface area contributed by atoms with E-state index in [9.17, 15) is 9.59 Å². The zero-order chi connectivity index (χ0) is 14.8. The molecule has 2 atom stereocenters. The van der Waals surface area contributed by atoms with Crippen LogP contribution in [0.2, 0.25) is 0 Å². The average molecular weight is 283 g/mol. The fraction of sp³-hybridized carbons (Fsp3) is 0.867. The van der Waals surface area contributed by atoms with Crippen LogP contribution in [0.15, 0.2) is 0 Å². The first-order valence-corrected chi connectivity index (χ1v) is 7.50. The summed E-state index contributed by atoms with van der Waals surface area (Å²) < 4.78 is 10.3. The van der Waals surface area contributed by atoms with E-state index in [-0.39, 0.29) is 11.9 Å². The number of hydrogen-bond donors (Lipinski definition) is 1. The molecule has 1 saturated heterocycles. The lowest BCUT2D eigenvalue weighted by Gasteiger charge is -2.24. The fourth-order valence-corrected chi connectivity index (χ4v) is 2.71. The van der Waals surface area contributed by atoms with Crippen molar-refractivity contribution in [3.63, 3.8) is 0 Å². The first kappa shape index (κ1) is 15.3. The third-order valence-corrected chi connectivity index (χ3v) is 3.73. The highest BCUT2D eigenvalue weighted by Crippen LogP contribution is 2.29. The summed E-state index contributed by atoms with van der Waals surface area (Å²) in [6, 6.07) is -0.472. The van der Waals surface area contributed by atoms with Crippen molar-refractivity contribution < 1.29 is 19.1 Å². The topological polar surface area (TPSA) is 67.9 Å². The lowest BCUT2D eigenvalue weighted by Crippen LogP contribution is -2.45. The van der Waals surface area contributed by atoms with Crippen molar-refractivity contribution in [1.82, 2.24) is 5.32 Å². The minimum Gasteiger partial charge on any atom is -0.444 e. The van der Waals surface area contributed by atoms with E-state index < -0.39 is 17.7 Å². The predicted octanol–water partition coefficient (Wildman–Crippen LogP) is 2.43. The molecular formula is C15H25NO4. The zero-order valence-corrected chi connectivity index (χ0v) is 12.6. The predicted molar refractivity (Wildman–Crippen MR) is 74.5 cm³/mol. The molecule has 5 nitrogen and oxygen atoms in total. The van der Waals surface area contributed by atoms with Gasteiger partial charge in [-0.3, -0.25) is 4.79 Å². The van der Waals surface area contributed by atoms with Gasteiger partial charge in [0.2, 0.25) is 0 Å². The number of alkyl carbamates (subject to hydrolysis) is 1. The highest BCUT2D eigenvalue weighted by molar-refractivity contribution is 5.92. The van der Waals surface area contributed by atoms with Crippen LogP contribution in [0, 0.1) is 5.92 Å². The molecule has 0 aromatic carbocycles. The summed E-state index contributed by atoms with van der Waals surface area (Å²) in [6.45, 7) is 5.91. The van der Waals surface area contributed by atoms with Gasteiger partial charge in [0.15, 0.2) is 5.78 Å². The van der Waals surface area contributed by atoms with Gasteiger partial charge in [0, 0.05) is 0 Å². The van der Waals surface area contributed by atoms with Crippen molar-refractivity contribution in [2.24, 2.45) is 5.92 Å². The molecule has 1 heterocycles. The Morgan fingerprint density at radius 2 is 1.90 bits per heavy atom. The second kappa shape index (κ2) is 6.12. The monoisotopic (exact) mass is 283 g/mol. The number of hydrogen-bond acceptors (Lipinski definition) is 4. The molecule has 1 saturated carbocycles. The van der Waals surface area contributed by atoms with Crippen LogP contribution in [0.4, 0.5) is 4.79 Å². The molecule has 2 aliphatic rings. The number of carbonyl (C=O) groups is 2. The van der Waals surface area contributed by atoms with Crippen LogP contribution in [0.5, 0.6) is 0 Å². The Bertz CT molecular complexity index is 365. The van der Waals surface area contributed by atoms with Crippen LogP contribution >= 0.6 is 0 Å². The first-order chi connectivity index (χ1) is 9.35. The van der Waals surface area contributed by atoms with E-state index >= 15 is 0 Å². The Morgan fingerprint density at radius 3 is 2.40 bits per heavy atom. The van der Waals surface area contributed by atoms with Crippen LogP contribution < -0.4 is 5.32 Å². The van der Waals surface area contributed by atoms with Gasteiger partial charge in [-0.15, -0.1) is 0 Å². The van der Waals surface area contributed by atoms with Crippen molar-refractivity contribution in [2.75, 3.05) is 6.61 Å². The molecule has 2 rings (SSSR count). The van der Waals surface area contributed by atoms with E-state index in [0.29, 0.717) is 18.9 Å².